The van der Waals surface area contributed by atoms with Crippen LogP contribution < -0.4 is 5.32 Å². The molecule has 1 fully saturated rings. The molecule has 0 saturated carbocycles. The highest BCUT2D eigenvalue weighted by molar-refractivity contribution is 5.98. The van der Waals surface area contributed by atoms with Gasteiger partial charge in [0.1, 0.15) is 0 Å². The first-order chi connectivity index (χ1) is 12.5. The van der Waals surface area contributed by atoms with Crippen LogP contribution in [-0.4, -0.2) is 39.6 Å². The number of hydrogen-bond acceptors (Lipinski definition) is 3. The van der Waals surface area contributed by atoms with Crippen LogP contribution >= 0.6 is 0 Å². The zero-order chi connectivity index (χ0) is 18.7. The molecule has 3 rings (SSSR count). The molecule has 138 valence electrons. The number of nitrogens with zero attached hydrogens (tertiary/aromatic N) is 3. The highest BCUT2D eigenvalue weighted by Gasteiger charge is 2.28. The molecule has 2 heterocycles. The van der Waals surface area contributed by atoms with Crippen LogP contribution in [0, 0.1) is 12.8 Å². The average Bonchev–Trinajstić information content (AvgIpc) is 3.01. The fourth-order valence-electron chi connectivity index (χ4n) is 3.48. The van der Waals surface area contributed by atoms with Crippen molar-refractivity contribution in [2.45, 2.75) is 32.7 Å². The van der Waals surface area contributed by atoms with E-state index < -0.39 is 0 Å². The minimum Gasteiger partial charge on any atom is -0.331 e. The molecule has 0 radical (unpaired) electrons. The Hall–Kier alpha value is -2.63. The Morgan fingerprint density at radius 2 is 1.85 bits per heavy atom. The minimum absolute atomic E-state index is 0.000517. The van der Waals surface area contributed by atoms with Crippen molar-refractivity contribution in [1.82, 2.24) is 20.0 Å². The van der Waals surface area contributed by atoms with Crippen molar-refractivity contribution in [3.05, 3.63) is 53.3 Å². The number of Topliss-reactive ketones (excluding diaryl/α,β-unsaturated/α-hetero) is 1. The second kappa shape index (κ2) is 7.72. The SMILES string of the molecule is Cc1c([C@H](C)NC(=O)N2CCC(C(=O)c3ccccc3)CC2)cnn1C. The Labute approximate surface area is 154 Å². The fourth-order valence-corrected chi connectivity index (χ4v) is 3.48. The predicted molar refractivity (Wildman–Crippen MR) is 100.0 cm³/mol. The monoisotopic (exact) mass is 354 g/mol. The number of ketones is 1. The molecule has 6 nitrogen and oxygen atoms in total. The van der Waals surface area contributed by atoms with Gasteiger partial charge in [-0.05, 0) is 26.7 Å². The van der Waals surface area contributed by atoms with Crippen LogP contribution in [0.15, 0.2) is 36.5 Å². The zero-order valence-electron chi connectivity index (χ0n) is 15.6. The lowest BCUT2D eigenvalue weighted by molar-refractivity contribution is 0.0853. The zero-order valence-corrected chi connectivity index (χ0v) is 15.6. The number of urea groups is 1. The van der Waals surface area contributed by atoms with Gasteiger partial charge in [-0.15, -0.1) is 0 Å². The van der Waals surface area contributed by atoms with Crippen molar-refractivity contribution in [1.29, 1.82) is 0 Å². The third kappa shape index (κ3) is 3.79. The Bertz CT molecular complexity index is 776. The maximum atomic E-state index is 12.6. The largest absolute Gasteiger partial charge is 0.331 e. The van der Waals surface area contributed by atoms with E-state index in [2.05, 4.69) is 10.4 Å². The third-order valence-electron chi connectivity index (χ3n) is 5.29. The standard InChI is InChI=1S/C20H26N4O2/c1-14(18-13-21-23(3)15(18)2)22-20(26)24-11-9-17(10-12-24)19(25)16-7-5-4-6-8-16/h4-8,13-14,17H,9-12H2,1-3H3,(H,22,26)/t14-/m0/s1. The third-order valence-corrected chi connectivity index (χ3v) is 5.29. The van der Waals surface area contributed by atoms with Gasteiger partial charge < -0.3 is 10.2 Å². The summed E-state index contributed by atoms with van der Waals surface area (Å²) in [7, 11) is 1.89. The molecule has 1 aromatic carbocycles. The summed E-state index contributed by atoms with van der Waals surface area (Å²) in [6, 6.07) is 9.23. The van der Waals surface area contributed by atoms with Crippen molar-refractivity contribution in [3.63, 3.8) is 0 Å². The molecule has 1 aliphatic rings. The van der Waals surface area contributed by atoms with E-state index in [1.807, 2.05) is 51.2 Å². The van der Waals surface area contributed by atoms with Gasteiger partial charge in [-0.25, -0.2) is 4.79 Å². The average molecular weight is 354 g/mol. The predicted octanol–water partition coefficient (Wildman–Crippen LogP) is 3.09. The lowest BCUT2D eigenvalue weighted by atomic mass is 9.89. The van der Waals surface area contributed by atoms with Gasteiger partial charge in [-0.1, -0.05) is 30.3 Å². The van der Waals surface area contributed by atoms with Crippen molar-refractivity contribution in [3.8, 4) is 0 Å². The number of likely N-dealkylation sites (tertiary alicyclic amines) is 1. The van der Waals surface area contributed by atoms with Gasteiger partial charge in [0.05, 0.1) is 12.2 Å². The first-order valence-electron chi connectivity index (χ1n) is 9.10. The highest BCUT2D eigenvalue weighted by Crippen LogP contribution is 2.23. The molecule has 2 amide bonds. The number of carbonyl (C=O) groups excluding carboxylic acids is 2. The molecule has 1 aliphatic heterocycles. The van der Waals surface area contributed by atoms with Crippen LogP contribution in [0.2, 0.25) is 0 Å². The summed E-state index contributed by atoms with van der Waals surface area (Å²) in [5, 5.41) is 7.27. The number of rotatable bonds is 4. The van der Waals surface area contributed by atoms with Gasteiger partial charge in [-0.3, -0.25) is 9.48 Å². The summed E-state index contributed by atoms with van der Waals surface area (Å²) in [5.74, 6) is 0.185. The summed E-state index contributed by atoms with van der Waals surface area (Å²) >= 11 is 0. The van der Waals surface area contributed by atoms with E-state index in [1.165, 1.54) is 0 Å². The van der Waals surface area contributed by atoms with Gasteiger partial charge in [0, 0.05) is 42.9 Å². The topological polar surface area (TPSA) is 67.2 Å². The number of benzene rings is 1. The van der Waals surface area contributed by atoms with Crippen molar-refractivity contribution in [2.75, 3.05) is 13.1 Å². The highest BCUT2D eigenvalue weighted by atomic mass is 16.2. The Morgan fingerprint density at radius 1 is 1.19 bits per heavy atom. The molecule has 1 N–H and O–H groups in total. The molecule has 2 aromatic rings. The normalized spacial score (nSPS) is 16.3. The summed E-state index contributed by atoms with van der Waals surface area (Å²) in [6.07, 6.45) is 3.22. The van der Waals surface area contributed by atoms with Gasteiger partial charge in [-0.2, -0.15) is 5.10 Å². The molecule has 1 atom stereocenters. The molecule has 0 aliphatic carbocycles. The summed E-state index contributed by atoms with van der Waals surface area (Å²) < 4.78 is 1.80. The summed E-state index contributed by atoms with van der Waals surface area (Å²) in [4.78, 5) is 26.9. The van der Waals surface area contributed by atoms with E-state index in [0.29, 0.717) is 25.9 Å². The van der Waals surface area contributed by atoms with Crippen molar-refractivity contribution < 1.29 is 9.59 Å². The Balaban J connectivity index is 1.53. The maximum Gasteiger partial charge on any atom is 0.317 e. The van der Waals surface area contributed by atoms with Gasteiger partial charge in [0.25, 0.3) is 0 Å². The molecular formula is C20H26N4O2. The van der Waals surface area contributed by atoms with Crippen LogP contribution in [-0.2, 0) is 7.05 Å². The van der Waals surface area contributed by atoms with Gasteiger partial charge in [0.2, 0.25) is 0 Å². The molecule has 1 saturated heterocycles. The van der Waals surface area contributed by atoms with Crippen LogP contribution in [0.5, 0.6) is 0 Å². The lowest BCUT2D eigenvalue weighted by Gasteiger charge is -2.32. The lowest BCUT2D eigenvalue weighted by Crippen LogP contribution is -2.46. The van der Waals surface area contributed by atoms with Crippen LogP contribution in [0.25, 0.3) is 0 Å². The molecule has 0 unspecified atom stereocenters. The number of piperidine rings is 1. The number of aryl methyl sites for hydroxylation is 1. The van der Waals surface area contributed by atoms with E-state index in [-0.39, 0.29) is 23.8 Å². The van der Waals surface area contributed by atoms with Crippen LogP contribution in [0.1, 0.15) is 47.4 Å². The number of nitrogens with one attached hydrogen (secondary N) is 1. The van der Waals surface area contributed by atoms with E-state index in [4.69, 9.17) is 0 Å². The van der Waals surface area contributed by atoms with Crippen molar-refractivity contribution >= 4 is 11.8 Å². The molecule has 26 heavy (non-hydrogen) atoms. The smallest absolute Gasteiger partial charge is 0.317 e. The van der Waals surface area contributed by atoms with Gasteiger partial charge in [0.15, 0.2) is 5.78 Å². The minimum atomic E-state index is -0.0973. The number of aromatic nitrogens is 2. The molecule has 0 spiro atoms. The van der Waals surface area contributed by atoms with Crippen LogP contribution in [0.4, 0.5) is 4.79 Å². The first kappa shape index (κ1) is 18.2. The number of carbonyl (C=O) groups is 2. The Kier molecular flexibility index (Phi) is 5.40. The second-order valence-corrected chi connectivity index (χ2v) is 6.97. The quantitative estimate of drug-likeness (QED) is 0.858. The summed E-state index contributed by atoms with van der Waals surface area (Å²) in [5.41, 5.74) is 2.83. The van der Waals surface area contributed by atoms with E-state index >= 15 is 0 Å². The maximum absolute atomic E-state index is 12.6. The second-order valence-electron chi connectivity index (χ2n) is 6.97. The van der Waals surface area contributed by atoms with E-state index in [0.717, 1.165) is 16.8 Å². The molecule has 1 aromatic heterocycles. The van der Waals surface area contributed by atoms with Gasteiger partial charge >= 0.3 is 6.03 Å². The van der Waals surface area contributed by atoms with E-state index in [1.54, 1.807) is 15.8 Å². The first-order valence-corrected chi connectivity index (χ1v) is 9.10. The Morgan fingerprint density at radius 3 is 2.42 bits per heavy atom. The van der Waals surface area contributed by atoms with Crippen molar-refractivity contribution in [2.24, 2.45) is 13.0 Å². The van der Waals surface area contributed by atoms with Crippen LogP contribution in [0.3, 0.4) is 0 Å². The molecule has 0 bridgehead atoms. The van der Waals surface area contributed by atoms with E-state index in [9.17, 15) is 9.59 Å². The number of hydrogen-bond donors (Lipinski definition) is 1. The molecular weight excluding hydrogens is 328 g/mol. The summed E-state index contributed by atoms with van der Waals surface area (Å²) in [6.45, 7) is 5.17. The fraction of sp³-hybridized carbons (Fsp3) is 0.450. The molecule has 6 heteroatoms. The number of amides is 2.